The van der Waals surface area contributed by atoms with Crippen molar-refractivity contribution in [3.63, 3.8) is 0 Å². The van der Waals surface area contributed by atoms with Crippen molar-refractivity contribution in [2.45, 2.75) is 38.9 Å². The molecule has 2 atom stereocenters. The Balaban J connectivity index is 1.69. The maximum absolute atomic E-state index is 12.7. The highest BCUT2D eigenvalue weighted by Gasteiger charge is 2.30. The summed E-state index contributed by atoms with van der Waals surface area (Å²) in [5, 5.41) is 14.2. The largest absolute Gasteiger partial charge is 0.486 e. The van der Waals surface area contributed by atoms with Crippen LogP contribution in [0.5, 0.6) is 5.75 Å². The van der Waals surface area contributed by atoms with Crippen molar-refractivity contribution < 1.29 is 19.2 Å². The Kier molecular flexibility index (Phi) is 4.80. The second-order valence-electron chi connectivity index (χ2n) is 5.98. The SMILES string of the molecule is Cc1noc(C)c1C(=O)N1CC[C@H](Oc2cccnc2)[C@@H](O)CC1. The van der Waals surface area contributed by atoms with Gasteiger partial charge in [0.2, 0.25) is 0 Å². The molecule has 1 N–H and O–H groups in total. The van der Waals surface area contributed by atoms with Gasteiger partial charge in [-0.05, 0) is 32.4 Å². The maximum Gasteiger partial charge on any atom is 0.259 e. The summed E-state index contributed by atoms with van der Waals surface area (Å²) >= 11 is 0. The Labute approximate surface area is 140 Å². The lowest BCUT2D eigenvalue weighted by molar-refractivity contribution is 0.0348. The first kappa shape index (κ1) is 16.4. The van der Waals surface area contributed by atoms with Crippen LogP contribution in [-0.4, -0.2) is 51.4 Å². The van der Waals surface area contributed by atoms with Gasteiger partial charge in [0.25, 0.3) is 5.91 Å². The molecule has 7 heteroatoms. The van der Waals surface area contributed by atoms with E-state index in [-0.39, 0.29) is 12.0 Å². The van der Waals surface area contributed by atoms with Crippen LogP contribution in [0.1, 0.15) is 34.7 Å². The van der Waals surface area contributed by atoms with Crippen LogP contribution in [0.25, 0.3) is 0 Å². The van der Waals surface area contributed by atoms with Gasteiger partial charge in [-0.15, -0.1) is 0 Å². The van der Waals surface area contributed by atoms with Crippen LogP contribution >= 0.6 is 0 Å². The van der Waals surface area contributed by atoms with Gasteiger partial charge in [0, 0.05) is 25.7 Å². The number of rotatable bonds is 3. The third-order valence-corrected chi connectivity index (χ3v) is 4.26. The number of carbonyl (C=O) groups excluding carboxylic acids is 1. The minimum atomic E-state index is -0.632. The highest BCUT2D eigenvalue weighted by atomic mass is 16.5. The molecule has 2 aromatic heterocycles. The Morgan fingerprint density at radius 1 is 1.38 bits per heavy atom. The molecule has 2 aromatic rings. The topological polar surface area (TPSA) is 88.7 Å². The molecule has 0 aromatic carbocycles. The van der Waals surface area contributed by atoms with Gasteiger partial charge < -0.3 is 19.3 Å². The standard InChI is InChI=1S/C17H21N3O4/c1-11-16(12(2)24-19-11)17(22)20-8-5-14(21)15(6-9-20)23-13-4-3-7-18-10-13/h3-4,7,10,14-15,21H,5-6,8-9H2,1-2H3/t14-,15-/m0/s1. The van der Waals surface area contributed by atoms with E-state index < -0.39 is 6.10 Å². The first-order valence-corrected chi connectivity index (χ1v) is 8.03. The van der Waals surface area contributed by atoms with Gasteiger partial charge in [0.1, 0.15) is 23.2 Å². The quantitative estimate of drug-likeness (QED) is 0.921. The monoisotopic (exact) mass is 331 g/mol. The number of likely N-dealkylation sites (tertiary alicyclic amines) is 1. The predicted octanol–water partition coefficient (Wildman–Crippen LogP) is 1.73. The molecule has 1 amide bonds. The molecule has 1 aliphatic heterocycles. The second kappa shape index (κ2) is 7.00. The summed E-state index contributed by atoms with van der Waals surface area (Å²) in [6.45, 7) is 4.46. The van der Waals surface area contributed by atoms with E-state index in [0.717, 1.165) is 0 Å². The number of amides is 1. The number of pyridine rings is 1. The number of hydrogen-bond acceptors (Lipinski definition) is 6. The zero-order valence-corrected chi connectivity index (χ0v) is 13.8. The molecular weight excluding hydrogens is 310 g/mol. The molecule has 0 radical (unpaired) electrons. The lowest BCUT2D eigenvalue weighted by Crippen LogP contribution is -2.33. The van der Waals surface area contributed by atoms with Crippen LogP contribution in [0, 0.1) is 13.8 Å². The van der Waals surface area contributed by atoms with Gasteiger partial charge in [-0.2, -0.15) is 0 Å². The van der Waals surface area contributed by atoms with Crippen molar-refractivity contribution >= 4 is 5.91 Å². The minimum absolute atomic E-state index is 0.111. The van der Waals surface area contributed by atoms with Crippen molar-refractivity contribution in [3.05, 3.63) is 41.5 Å². The summed E-state index contributed by atoms with van der Waals surface area (Å²) in [5.41, 5.74) is 1.10. The van der Waals surface area contributed by atoms with E-state index in [0.29, 0.717) is 48.7 Å². The number of nitrogens with zero attached hydrogens (tertiary/aromatic N) is 3. The van der Waals surface area contributed by atoms with Crippen molar-refractivity contribution in [2.75, 3.05) is 13.1 Å². The molecule has 128 valence electrons. The molecule has 0 saturated carbocycles. The maximum atomic E-state index is 12.7. The molecule has 1 aliphatic rings. The number of aliphatic hydroxyl groups is 1. The van der Waals surface area contributed by atoms with Gasteiger partial charge in [0.15, 0.2) is 0 Å². The fourth-order valence-electron chi connectivity index (χ4n) is 2.94. The molecule has 1 saturated heterocycles. The molecule has 1 fully saturated rings. The van der Waals surface area contributed by atoms with E-state index in [2.05, 4.69) is 10.1 Å². The van der Waals surface area contributed by atoms with E-state index in [1.807, 2.05) is 0 Å². The third-order valence-electron chi connectivity index (χ3n) is 4.26. The van der Waals surface area contributed by atoms with Crippen LogP contribution in [-0.2, 0) is 0 Å². The van der Waals surface area contributed by atoms with E-state index in [9.17, 15) is 9.90 Å². The van der Waals surface area contributed by atoms with E-state index in [4.69, 9.17) is 9.26 Å². The van der Waals surface area contributed by atoms with E-state index >= 15 is 0 Å². The fourth-order valence-corrected chi connectivity index (χ4v) is 2.94. The van der Waals surface area contributed by atoms with Crippen LogP contribution in [0.15, 0.2) is 29.0 Å². The molecule has 3 heterocycles. The average Bonchev–Trinajstić information content (AvgIpc) is 2.81. The molecule has 7 nitrogen and oxygen atoms in total. The molecule has 0 aliphatic carbocycles. The smallest absolute Gasteiger partial charge is 0.259 e. The number of aromatic nitrogens is 2. The fraction of sp³-hybridized carbons (Fsp3) is 0.471. The summed E-state index contributed by atoms with van der Waals surface area (Å²) in [5.74, 6) is 1.03. The van der Waals surface area contributed by atoms with Crippen molar-refractivity contribution in [1.29, 1.82) is 0 Å². The van der Waals surface area contributed by atoms with Gasteiger partial charge in [-0.25, -0.2) is 0 Å². The van der Waals surface area contributed by atoms with Crippen LogP contribution in [0.2, 0.25) is 0 Å². The first-order valence-electron chi connectivity index (χ1n) is 8.03. The van der Waals surface area contributed by atoms with Gasteiger partial charge >= 0.3 is 0 Å². The molecular formula is C17H21N3O4. The van der Waals surface area contributed by atoms with Crippen molar-refractivity contribution in [2.24, 2.45) is 0 Å². The summed E-state index contributed by atoms with van der Waals surface area (Å²) in [4.78, 5) is 18.5. The van der Waals surface area contributed by atoms with Crippen molar-refractivity contribution in [1.82, 2.24) is 15.0 Å². The highest BCUT2D eigenvalue weighted by Crippen LogP contribution is 2.22. The average molecular weight is 331 g/mol. The number of carbonyl (C=O) groups is 1. The second-order valence-corrected chi connectivity index (χ2v) is 5.98. The Morgan fingerprint density at radius 3 is 2.83 bits per heavy atom. The normalized spacial score (nSPS) is 21.4. The van der Waals surface area contributed by atoms with E-state index in [1.54, 1.807) is 43.3 Å². The highest BCUT2D eigenvalue weighted by molar-refractivity contribution is 5.96. The molecule has 0 bridgehead atoms. The number of hydrogen-bond donors (Lipinski definition) is 1. The lowest BCUT2D eigenvalue weighted by atomic mass is 10.1. The summed E-state index contributed by atoms with van der Waals surface area (Å²) < 4.78 is 10.9. The van der Waals surface area contributed by atoms with Gasteiger partial charge in [-0.3, -0.25) is 9.78 Å². The molecule has 0 unspecified atom stereocenters. The van der Waals surface area contributed by atoms with Crippen LogP contribution in [0.3, 0.4) is 0 Å². The zero-order chi connectivity index (χ0) is 17.1. The van der Waals surface area contributed by atoms with Crippen LogP contribution < -0.4 is 4.74 Å². The summed E-state index contributed by atoms with van der Waals surface area (Å²) in [6, 6.07) is 3.59. The predicted molar refractivity (Wildman–Crippen MR) is 85.8 cm³/mol. The van der Waals surface area contributed by atoms with Crippen LogP contribution in [0.4, 0.5) is 0 Å². The van der Waals surface area contributed by atoms with Crippen molar-refractivity contribution in [3.8, 4) is 5.75 Å². The van der Waals surface area contributed by atoms with Gasteiger partial charge in [0.05, 0.1) is 18.0 Å². The Morgan fingerprint density at radius 2 is 2.17 bits per heavy atom. The number of aliphatic hydroxyl groups excluding tert-OH is 1. The summed E-state index contributed by atoms with van der Waals surface area (Å²) in [6.07, 6.45) is 3.29. The van der Waals surface area contributed by atoms with E-state index in [1.165, 1.54) is 0 Å². The Bertz CT molecular complexity index is 682. The Hall–Kier alpha value is -2.41. The first-order chi connectivity index (χ1) is 11.6. The third kappa shape index (κ3) is 3.41. The number of aryl methyl sites for hydroxylation is 2. The van der Waals surface area contributed by atoms with Gasteiger partial charge in [-0.1, -0.05) is 5.16 Å². The summed E-state index contributed by atoms with van der Waals surface area (Å²) in [7, 11) is 0. The number of ether oxygens (including phenoxy) is 1. The zero-order valence-electron chi connectivity index (χ0n) is 13.8. The lowest BCUT2D eigenvalue weighted by Gasteiger charge is -2.21. The molecule has 0 spiro atoms. The minimum Gasteiger partial charge on any atom is -0.486 e. The molecule has 3 rings (SSSR count). The molecule has 24 heavy (non-hydrogen) atoms.